The fourth-order valence-corrected chi connectivity index (χ4v) is 3.14. The Balaban J connectivity index is 1.45. The van der Waals surface area contributed by atoms with Gasteiger partial charge in [-0.2, -0.15) is 5.10 Å². The first kappa shape index (κ1) is 18.9. The molecule has 2 aromatic heterocycles. The molecule has 0 saturated carbocycles. The number of anilines is 3. The molecule has 150 valence electrons. The summed E-state index contributed by atoms with van der Waals surface area (Å²) in [6.45, 7) is 4.96. The second-order valence-electron chi connectivity index (χ2n) is 6.63. The predicted octanol–water partition coefficient (Wildman–Crippen LogP) is 2.71. The van der Waals surface area contributed by atoms with Gasteiger partial charge in [0.15, 0.2) is 5.82 Å². The molecule has 4 rings (SSSR count). The Hall–Kier alpha value is -3.46. The van der Waals surface area contributed by atoms with E-state index in [1.54, 1.807) is 23.3 Å². The van der Waals surface area contributed by atoms with Gasteiger partial charge in [0.2, 0.25) is 0 Å². The normalized spacial score (nSPS) is 13.9. The number of aromatic nitrogens is 4. The number of hydrogen-bond acceptors (Lipinski definition) is 6. The van der Waals surface area contributed by atoms with Gasteiger partial charge in [0.1, 0.15) is 12.0 Å². The highest BCUT2D eigenvalue weighted by Crippen LogP contribution is 2.22. The third kappa shape index (κ3) is 4.52. The van der Waals surface area contributed by atoms with Gasteiger partial charge in [0.05, 0.1) is 37.5 Å². The lowest BCUT2D eigenvalue weighted by molar-refractivity contribution is 0.122. The van der Waals surface area contributed by atoms with Crippen LogP contribution in [0.25, 0.3) is 5.82 Å². The summed E-state index contributed by atoms with van der Waals surface area (Å²) in [6.07, 6.45) is 7.54. The quantitative estimate of drug-likeness (QED) is 0.692. The standard InChI is InChI=1S/C20H23N7O2/c1-2-15-3-5-16(6-4-15)24-20(28)25-17-11-23-27(13-17)19-18(12-21-14-22-19)26-7-9-29-10-8-26/h3-6,11-14H,2,7-10H2,1H3,(H2,24,25,28). The van der Waals surface area contributed by atoms with Gasteiger partial charge in [0.25, 0.3) is 0 Å². The molecule has 0 bridgehead atoms. The average Bonchev–Trinajstić information content (AvgIpc) is 3.23. The zero-order valence-electron chi connectivity index (χ0n) is 16.2. The van der Waals surface area contributed by atoms with Crippen molar-refractivity contribution in [2.75, 3.05) is 41.8 Å². The molecular formula is C20H23N7O2. The van der Waals surface area contributed by atoms with Crippen LogP contribution in [-0.4, -0.2) is 52.1 Å². The topological polar surface area (TPSA) is 97.2 Å². The average molecular weight is 393 g/mol. The molecule has 29 heavy (non-hydrogen) atoms. The van der Waals surface area contributed by atoms with Crippen LogP contribution in [0.1, 0.15) is 12.5 Å². The first-order chi connectivity index (χ1) is 14.2. The molecule has 0 aliphatic carbocycles. The molecule has 0 spiro atoms. The van der Waals surface area contributed by atoms with Crippen LogP contribution in [0.2, 0.25) is 0 Å². The van der Waals surface area contributed by atoms with Gasteiger partial charge in [-0.25, -0.2) is 19.4 Å². The van der Waals surface area contributed by atoms with Crippen molar-refractivity contribution in [2.45, 2.75) is 13.3 Å². The molecule has 1 aromatic carbocycles. The number of rotatable bonds is 5. The van der Waals surface area contributed by atoms with Gasteiger partial charge in [0, 0.05) is 18.8 Å². The zero-order chi connectivity index (χ0) is 20.1. The number of carbonyl (C=O) groups is 1. The molecule has 9 heteroatoms. The van der Waals surface area contributed by atoms with Crippen molar-refractivity contribution in [2.24, 2.45) is 0 Å². The van der Waals surface area contributed by atoms with Crippen LogP contribution in [0.15, 0.2) is 49.2 Å². The summed E-state index contributed by atoms with van der Waals surface area (Å²) in [6, 6.07) is 7.44. The minimum absolute atomic E-state index is 0.329. The number of benzene rings is 1. The number of morpholine rings is 1. The molecule has 9 nitrogen and oxygen atoms in total. The third-order valence-electron chi connectivity index (χ3n) is 4.70. The van der Waals surface area contributed by atoms with Crippen molar-refractivity contribution in [1.82, 2.24) is 19.7 Å². The van der Waals surface area contributed by atoms with E-state index in [9.17, 15) is 4.79 Å². The van der Waals surface area contributed by atoms with Crippen LogP contribution < -0.4 is 15.5 Å². The van der Waals surface area contributed by atoms with E-state index in [0.717, 1.165) is 30.9 Å². The van der Waals surface area contributed by atoms with E-state index in [0.29, 0.717) is 24.7 Å². The summed E-state index contributed by atoms with van der Waals surface area (Å²) in [4.78, 5) is 23.0. The lowest BCUT2D eigenvalue weighted by Crippen LogP contribution is -2.37. The van der Waals surface area contributed by atoms with E-state index in [2.05, 4.69) is 37.5 Å². The number of hydrogen-bond donors (Lipinski definition) is 2. The van der Waals surface area contributed by atoms with Gasteiger partial charge in [-0.1, -0.05) is 19.1 Å². The van der Waals surface area contributed by atoms with Crippen LogP contribution in [0.5, 0.6) is 0 Å². The van der Waals surface area contributed by atoms with E-state index >= 15 is 0 Å². The molecule has 0 unspecified atom stereocenters. The van der Waals surface area contributed by atoms with Crippen LogP contribution in [0.3, 0.4) is 0 Å². The van der Waals surface area contributed by atoms with Crippen molar-refractivity contribution in [3.8, 4) is 5.82 Å². The minimum atomic E-state index is -0.329. The summed E-state index contributed by atoms with van der Waals surface area (Å²) < 4.78 is 7.05. The molecule has 1 saturated heterocycles. The number of aryl methyl sites for hydroxylation is 1. The monoisotopic (exact) mass is 393 g/mol. The molecular weight excluding hydrogens is 370 g/mol. The Bertz CT molecular complexity index is 965. The van der Waals surface area contributed by atoms with Crippen molar-refractivity contribution < 1.29 is 9.53 Å². The number of urea groups is 1. The number of carbonyl (C=O) groups excluding carboxylic acids is 1. The van der Waals surface area contributed by atoms with E-state index in [-0.39, 0.29) is 6.03 Å². The second-order valence-corrected chi connectivity index (χ2v) is 6.63. The van der Waals surface area contributed by atoms with E-state index in [4.69, 9.17) is 4.74 Å². The van der Waals surface area contributed by atoms with Gasteiger partial charge in [-0.15, -0.1) is 0 Å². The van der Waals surface area contributed by atoms with Gasteiger partial charge < -0.3 is 20.3 Å². The van der Waals surface area contributed by atoms with Crippen LogP contribution in [0, 0.1) is 0 Å². The molecule has 3 aromatic rings. The Morgan fingerprint density at radius 2 is 1.86 bits per heavy atom. The van der Waals surface area contributed by atoms with Gasteiger partial charge in [-0.05, 0) is 24.1 Å². The summed E-state index contributed by atoms with van der Waals surface area (Å²) >= 11 is 0. The fraction of sp³-hybridized carbons (Fsp3) is 0.300. The van der Waals surface area contributed by atoms with Crippen molar-refractivity contribution >= 4 is 23.1 Å². The third-order valence-corrected chi connectivity index (χ3v) is 4.70. The van der Waals surface area contributed by atoms with Crippen LogP contribution in [0.4, 0.5) is 21.9 Å². The first-order valence-electron chi connectivity index (χ1n) is 9.57. The van der Waals surface area contributed by atoms with Crippen LogP contribution >= 0.6 is 0 Å². The first-order valence-corrected chi connectivity index (χ1v) is 9.57. The molecule has 2 amide bonds. The summed E-state index contributed by atoms with van der Waals surface area (Å²) in [5.74, 6) is 0.658. The fourth-order valence-electron chi connectivity index (χ4n) is 3.14. The number of amides is 2. The molecule has 0 radical (unpaired) electrons. The Morgan fingerprint density at radius 3 is 2.62 bits per heavy atom. The Kier molecular flexibility index (Phi) is 5.66. The maximum atomic E-state index is 12.3. The van der Waals surface area contributed by atoms with Crippen molar-refractivity contribution in [3.63, 3.8) is 0 Å². The van der Waals surface area contributed by atoms with Gasteiger partial charge in [-0.3, -0.25) is 0 Å². The lowest BCUT2D eigenvalue weighted by Gasteiger charge is -2.29. The Morgan fingerprint density at radius 1 is 1.10 bits per heavy atom. The SMILES string of the molecule is CCc1ccc(NC(=O)Nc2cnn(-c3ncncc3N3CCOCC3)c2)cc1. The minimum Gasteiger partial charge on any atom is -0.378 e. The highest BCUT2D eigenvalue weighted by atomic mass is 16.5. The summed E-state index contributed by atoms with van der Waals surface area (Å²) in [5, 5.41) is 9.97. The van der Waals surface area contributed by atoms with E-state index < -0.39 is 0 Å². The summed E-state index contributed by atoms with van der Waals surface area (Å²) in [5.41, 5.74) is 3.40. The highest BCUT2D eigenvalue weighted by molar-refractivity contribution is 5.99. The van der Waals surface area contributed by atoms with Gasteiger partial charge >= 0.3 is 6.03 Å². The van der Waals surface area contributed by atoms with Crippen molar-refractivity contribution in [3.05, 3.63) is 54.7 Å². The second kappa shape index (κ2) is 8.70. The molecule has 1 aliphatic heterocycles. The molecule has 2 N–H and O–H groups in total. The Labute approximate surface area is 168 Å². The molecule has 1 fully saturated rings. The zero-order valence-corrected chi connectivity index (χ0v) is 16.2. The number of ether oxygens (including phenoxy) is 1. The largest absolute Gasteiger partial charge is 0.378 e. The summed E-state index contributed by atoms with van der Waals surface area (Å²) in [7, 11) is 0. The molecule has 0 atom stereocenters. The lowest BCUT2D eigenvalue weighted by atomic mass is 10.1. The number of nitrogens with one attached hydrogen (secondary N) is 2. The molecule has 1 aliphatic rings. The maximum Gasteiger partial charge on any atom is 0.323 e. The molecule has 3 heterocycles. The predicted molar refractivity (Wildman–Crippen MR) is 111 cm³/mol. The van der Waals surface area contributed by atoms with E-state index in [1.807, 2.05) is 24.3 Å². The maximum absolute atomic E-state index is 12.3. The highest BCUT2D eigenvalue weighted by Gasteiger charge is 2.18. The van der Waals surface area contributed by atoms with Crippen LogP contribution in [-0.2, 0) is 11.2 Å². The number of nitrogens with zero attached hydrogens (tertiary/aromatic N) is 5. The smallest absolute Gasteiger partial charge is 0.323 e. The van der Waals surface area contributed by atoms with E-state index in [1.165, 1.54) is 11.9 Å². The van der Waals surface area contributed by atoms with Crippen molar-refractivity contribution in [1.29, 1.82) is 0 Å².